The smallest absolute Gasteiger partial charge is 0.290 e. The summed E-state index contributed by atoms with van der Waals surface area (Å²) >= 11 is 6.56. The number of hydrogen-bond acceptors (Lipinski definition) is 5. The van der Waals surface area contributed by atoms with Crippen LogP contribution in [0.1, 0.15) is 44.5 Å². The molecule has 1 N–H and O–H groups in total. The molecule has 0 aliphatic heterocycles. The van der Waals surface area contributed by atoms with Gasteiger partial charge in [-0.3, -0.25) is 14.1 Å². The van der Waals surface area contributed by atoms with Crippen molar-refractivity contribution >= 4 is 11.6 Å². The molecule has 0 bridgehead atoms. The van der Waals surface area contributed by atoms with Crippen LogP contribution in [0.25, 0.3) is 22.5 Å². The molecule has 0 aliphatic rings. The van der Waals surface area contributed by atoms with E-state index in [-0.39, 0.29) is 11.7 Å². The molecule has 0 amide bonds. The molecule has 9 heteroatoms. The second kappa shape index (κ2) is 8.85. The summed E-state index contributed by atoms with van der Waals surface area (Å²) in [6.45, 7) is 6.50. The van der Waals surface area contributed by atoms with Crippen molar-refractivity contribution in [1.82, 2.24) is 34.7 Å². The first-order valence-electron chi connectivity index (χ1n) is 10.3. The lowest BCUT2D eigenvalue weighted by molar-refractivity contribution is 0.560. The third-order valence-electron chi connectivity index (χ3n) is 5.24. The fraction of sp³-hybridized carbons (Fsp3) is 0.318. The van der Waals surface area contributed by atoms with E-state index >= 15 is 0 Å². The molecule has 160 valence electrons. The van der Waals surface area contributed by atoms with E-state index in [0.717, 1.165) is 40.8 Å². The second-order valence-electron chi connectivity index (χ2n) is 7.69. The molecular formula is C22H24ClN7O. The molecule has 0 saturated heterocycles. The first kappa shape index (κ1) is 21.0. The zero-order chi connectivity index (χ0) is 22.0. The van der Waals surface area contributed by atoms with Crippen LogP contribution in [0.4, 0.5) is 0 Å². The number of aromatic amines is 1. The highest BCUT2D eigenvalue weighted by molar-refractivity contribution is 6.30. The van der Waals surface area contributed by atoms with Gasteiger partial charge in [-0.25, -0.2) is 9.89 Å². The highest BCUT2D eigenvalue weighted by Gasteiger charge is 2.20. The minimum absolute atomic E-state index is 0.00919. The van der Waals surface area contributed by atoms with Crippen LogP contribution in [0.15, 0.2) is 47.5 Å². The minimum Gasteiger partial charge on any atom is -0.290 e. The molecule has 3 heterocycles. The number of rotatable bonds is 7. The molecule has 0 aliphatic carbocycles. The van der Waals surface area contributed by atoms with E-state index in [2.05, 4.69) is 32.5 Å². The topological polar surface area (TPSA) is 94.3 Å². The molecule has 0 radical (unpaired) electrons. The van der Waals surface area contributed by atoms with Crippen LogP contribution in [-0.4, -0.2) is 34.7 Å². The minimum atomic E-state index is -0.0678. The fourth-order valence-corrected chi connectivity index (χ4v) is 4.21. The van der Waals surface area contributed by atoms with Gasteiger partial charge in [-0.2, -0.15) is 0 Å². The summed E-state index contributed by atoms with van der Waals surface area (Å²) in [5.41, 5.74) is 4.65. The lowest BCUT2D eigenvalue weighted by atomic mass is 10.00. The quantitative estimate of drug-likeness (QED) is 0.469. The van der Waals surface area contributed by atoms with Crippen molar-refractivity contribution in [1.29, 1.82) is 0 Å². The van der Waals surface area contributed by atoms with Crippen LogP contribution in [0, 0.1) is 0 Å². The Morgan fingerprint density at radius 3 is 2.55 bits per heavy atom. The molecule has 0 atom stereocenters. The molecule has 0 unspecified atom stereocenters. The summed E-state index contributed by atoms with van der Waals surface area (Å²) in [5.74, 6) is 0.563. The zero-order valence-corrected chi connectivity index (χ0v) is 18.5. The number of halogens is 1. The highest BCUT2D eigenvalue weighted by atomic mass is 35.5. The van der Waals surface area contributed by atoms with Gasteiger partial charge < -0.3 is 0 Å². The Hall–Kier alpha value is -3.26. The van der Waals surface area contributed by atoms with Gasteiger partial charge in [-0.05, 0) is 53.5 Å². The molecule has 1 aromatic carbocycles. The zero-order valence-electron chi connectivity index (χ0n) is 17.7. The summed E-state index contributed by atoms with van der Waals surface area (Å²) in [6, 6.07) is 10.1. The maximum atomic E-state index is 13.0. The first-order chi connectivity index (χ1) is 15.0. The molecule has 0 spiro atoms. The SMILES string of the molecule is CCCc1c(Cl)n(C(C)C)c(=O)n1Cc1ccc(-c2ccncc2-c2nnn[nH]2)cc1. The molecule has 31 heavy (non-hydrogen) atoms. The molecular weight excluding hydrogens is 414 g/mol. The van der Waals surface area contributed by atoms with Gasteiger partial charge in [-0.15, -0.1) is 5.10 Å². The van der Waals surface area contributed by atoms with E-state index in [1.165, 1.54) is 0 Å². The predicted molar refractivity (Wildman–Crippen MR) is 120 cm³/mol. The average Bonchev–Trinajstić information content (AvgIpc) is 3.38. The van der Waals surface area contributed by atoms with Gasteiger partial charge in [0, 0.05) is 24.0 Å². The van der Waals surface area contributed by atoms with Gasteiger partial charge in [-0.1, -0.05) is 49.2 Å². The number of pyridine rings is 1. The van der Waals surface area contributed by atoms with Gasteiger partial charge in [0.05, 0.1) is 12.2 Å². The first-order valence-corrected chi connectivity index (χ1v) is 10.7. The highest BCUT2D eigenvalue weighted by Crippen LogP contribution is 2.29. The number of aromatic nitrogens is 7. The van der Waals surface area contributed by atoms with E-state index in [1.807, 2.05) is 44.2 Å². The van der Waals surface area contributed by atoms with Crippen LogP contribution < -0.4 is 5.69 Å². The van der Waals surface area contributed by atoms with Gasteiger partial charge in [0.1, 0.15) is 5.15 Å². The predicted octanol–water partition coefficient (Wildman–Crippen LogP) is 4.13. The average molecular weight is 438 g/mol. The van der Waals surface area contributed by atoms with Crippen molar-refractivity contribution < 1.29 is 0 Å². The second-order valence-corrected chi connectivity index (χ2v) is 8.05. The van der Waals surface area contributed by atoms with Crippen molar-refractivity contribution in [2.24, 2.45) is 0 Å². The van der Waals surface area contributed by atoms with E-state index in [4.69, 9.17) is 11.6 Å². The molecule has 0 saturated carbocycles. The Morgan fingerprint density at radius 1 is 1.13 bits per heavy atom. The number of imidazole rings is 1. The number of H-pyrrole nitrogens is 1. The molecule has 8 nitrogen and oxygen atoms in total. The van der Waals surface area contributed by atoms with Gasteiger partial charge in [0.2, 0.25) is 0 Å². The van der Waals surface area contributed by atoms with Gasteiger partial charge in [0.15, 0.2) is 5.82 Å². The molecule has 0 fully saturated rings. The van der Waals surface area contributed by atoms with Crippen LogP contribution in [0.5, 0.6) is 0 Å². The van der Waals surface area contributed by atoms with Crippen molar-refractivity contribution in [3.63, 3.8) is 0 Å². The Kier molecular flexibility index (Phi) is 5.99. The van der Waals surface area contributed by atoms with E-state index in [1.54, 1.807) is 21.5 Å². The van der Waals surface area contributed by atoms with Crippen molar-refractivity contribution in [2.75, 3.05) is 0 Å². The lowest BCUT2D eigenvalue weighted by Crippen LogP contribution is -2.26. The van der Waals surface area contributed by atoms with Crippen LogP contribution in [0.2, 0.25) is 5.15 Å². The monoisotopic (exact) mass is 437 g/mol. The number of tetrazole rings is 1. The fourth-order valence-electron chi connectivity index (χ4n) is 3.75. The summed E-state index contributed by atoms with van der Waals surface area (Å²) in [7, 11) is 0. The van der Waals surface area contributed by atoms with Crippen LogP contribution in [0.3, 0.4) is 0 Å². The number of nitrogens with zero attached hydrogens (tertiary/aromatic N) is 6. The Balaban J connectivity index is 1.67. The third-order valence-corrected chi connectivity index (χ3v) is 5.64. The van der Waals surface area contributed by atoms with Crippen molar-refractivity contribution in [3.8, 4) is 22.5 Å². The third kappa shape index (κ3) is 4.03. The lowest BCUT2D eigenvalue weighted by Gasteiger charge is -2.10. The van der Waals surface area contributed by atoms with Gasteiger partial charge in [0.25, 0.3) is 0 Å². The maximum Gasteiger partial charge on any atom is 0.330 e. The standard InChI is InChI=1S/C22H24ClN7O/c1-4-5-19-20(23)30(14(2)3)22(31)29(19)13-15-6-8-16(9-7-15)17-10-11-24-12-18(17)21-25-27-28-26-21/h6-12,14H,4-5,13H2,1-3H3,(H,25,26,27,28). The van der Waals surface area contributed by atoms with Gasteiger partial charge >= 0.3 is 5.69 Å². The Labute approximate surface area is 184 Å². The maximum absolute atomic E-state index is 13.0. The van der Waals surface area contributed by atoms with Crippen LogP contribution in [-0.2, 0) is 13.0 Å². The van der Waals surface area contributed by atoms with E-state index in [9.17, 15) is 4.79 Å². The molecule has 4 aromatic rings. The normalized spacial score (nSPS) is 11.4. The largest absolute Gasteiger partial charge is 0.330 e. The van der Waals surface area contributed by atoms with Crippen molar-refractivity contribution in [3.05, 3.63) is 69.6 Å². The Bertz CT molecular complexity index is 1220. The summed E-state index contributed by atoms with van der Waals surface area (Å²) in [6.07, 6.45) is 5.15. The van der Waals surface area contributed by atoms with E-state index in [0.29, 0.717) is 17.5 Å². The van der Waals surface area contributed by atoms with E-state index < -0.39 is 0 Å². The summed E-state index contributed by atoms with van der Waals surface area (Å²) < 4.78 is 3.45. The van der Waals surface area contributed by atoms with Crippen molar-refractivity contribution in [2.45, 2.75) is 46.2 Å². The number of benzene rings is 1. The molecule has 4 rings (SSSR count). The molecule has 3 aromatic heterocycles. The van der Waals surface area contributed by atoms with Crippen LogP contribution >= 0.6 is 11.6 Å². The summed E-state index contributed by atoms with van der Waals surface area (Å²) in [5, 5.41) is 14.6. The Morgan fingerprint density at radius 2 is 1.90 bits per heavy atom. The number of nitrogens with one attached hydrogen (secondary N) is 1. The number of hydrogen-bond donors (Lipinski definition) is 1. The summed E-state index contributed by atoms with van der Waals surface area (Å²) in [4.78, 5) is 17.2.